The number of hydrogen-bond donors (Lipinski definition) is 1. The van der Waals surface area contributed by atoms with Crippen molar-refractivity contribution in [1.29, 1.82) is 0 Å². The standard InChI is InChI=1S/C9H7ClO3/c10-4-9(13)6-1-2-7(5-11)8(12)3-6/h1-3,5,12H,4H2. The van der Waals surface area contributed by atoms with Crippen LogP contribution in [0.2, 0.25) is 0 Å². The first kappa shape index (κ1) is 9.74. The second-order valence-electron chi connectivity index (χ2n) is 2.45. The molecule has 0 aromatic heterocycles. The summed E-state index contributed by atoms with van der Waals surface area (Å²) in [4.78, 5) is 21.3. The minimum absolute atomic E-state index is 0.139. The Morgan fingerprint density at radius 2 is 2.23 bits per heavy atom. The van der Waals surface area contributed by atoms with Gasteiger partial charge in [-0.25, -0.2) is 0 Å². The van der Waals surface area contributed by atoms with Crippen LogP contribution in [0.1, 0.15) is 20.7 Å². The Hall–Kier alpha value is -1.35. The lowest BCUT2D eigenvalue weighted by atomic mass is 10.1. The van der Waals surface area contributed by atoms with Crippen molar-refractivity contribution in [3.05, 3.63) is 29.3 Å². The minimum Gasteiger partial charge on any atom is -0.507 e. The zero-order valence-electron chi connectivity index (χ0n) is 6.66. The summed E-state index contributed by atoms with van der Waals surface area (Å²) < 4.78 is 0. The highest BCUT2D eigenvalue weighted by Gasteiger charge is 2.07. The molecule has 1 rings (SSSR count). The van der Waals surface area contributed by atoms with Crippen LogP contribution in [0.3, 0.4) is 0 Å². The largest absolute Gasteiger partial charge is 0.507 e. The fraction of sp³-hybridized carbons (Fsp3) is 0.111. The van der Waals surface area contributed by atoms with Gasteiger partial charge in [0.1, 0.15) is 5.75 Å². The summed E-state index contributed by atoms with van der Waals surface area (Å²) in [5, 5.41) is 9.21. The summed E-state index contributed by atoms with van der Waals surface area (Å²) >= 11 is 5.31. The van der Waals surface area contributed by atoms with Crippen LogP contribution in [0.15, 0.2) is 18.2 Å². The van der Waals surface area contributed by atoms with Crippen LogP contribution in [-0.2, 0) is 0 Å². The smallest absolute Gasteiger partial charge is 0.177 e. The number of hydrogen-bond acceptors (Lipinski definition) is 3. The van der Waals surface area contributed by atoms with Crippen LogP contribution in [-0.4, -0.2) is 23.1 Å². The van der Waals surface area contributed by atoms with Gasteiger partial charge < -0.3 is 5.11 Å². The molecule has 1 N–H and O–H groups in total. The lowest BCUT2D eigenvalue weighted by molar-refractivity contribution is 0.101. The normalized spacial score (nSPS) is 9.62. The molecule has 0 unspecified atom stereocenters. The van der Waals surface area contributed by atoms with Gasteiger partial charge in [-0.05, 0) is 12.1 Å². The maximum atomic E-state index is 11.0. The first-order valence-corrected chi connectivity index (χ1v) is 4.10. The van der Waals surface area contributed by atoms with Crippen molar-refractivity contribution in [3.63, 3.8) is 0 Å². The average Bonchev–Trinajstić information content (AvgIpc) is 2.16. The van der Waals surface area contributed by atoms with E-state index in [9.17, 15) is 14.7 Å². The molecule has 0 saturated carbocycles. The van der Waals surface area contributed by atoms with Crippen LogP contribution in [0.25, 0.3) is 0 Å². The van der Waals surface area contributed by atoms with Gasteiger partial charge in [0.25, 0.3) is 0 Å². The molecule has 0 aliphatic rings. The Labute approximate surface area is 79.9 Å². The van der Waals surface area contributed by atoms with E-state index in [1.165, 1.54) is 18.2 Å². The predicted molar refractivity (Wildman–Crippen MR) is 48.5 cm³/mol. The van der Waals surface area contributed by atoms with Gasteiger partial charge in [-0.2, -0.15) is 0 Å². The molecule has 0 fully saturated rings. The number of phenolic OH excluding ortho intramolecular Hbond substituents is 1. The molecule has 0 atom stereocenters. The van der Waals surface area contributed by atoms with Crippen LogP contribution in [0.4, 0.5) is 0 Å². The fourth-order valence-corrected chi connectivity index (χ4v) is 1.05. The van der Waals surface area contributed by atoms with Crippen LogP contribution < -0.4 is 0 Å². The summed E-state index contributed by atoms with van der Waals surface area (Å²) in [6.45, 7) is 0. The van der Waals surface area contributed by atoms with E-state index in [1.807, 2.05) is 0 Å². The molecule has 1 aromatic rings. The van der Waals surface area contributed by atoms with E-state index < -0.39 is 0 Å². The second kappa shape index (κ2) is 4.05. The Morgan fingerprint density at radius 1 is 1.54 bits per heavy atom. The molecule has 1 aromatic carbocycles. The SMILES string of the molecule is O=Cc1ccc(C(=O)CCl)cc1O. The van der Waals surface area contributed by atoms with E-state index in [0.29, 0.717) is 11.8 Å². The molecule has 0 saturated heterocycles. The molecule has 0 radical (unpaired) electrons. The van der Waals surface area contributed by atoms with E-state index >= 15 is 0 Å². The number of phenols is 1. The number of halogens is 1. The van der Waals surface area contributed by atoms with Gasteiger partial charge in [0, 0.05) is 5.56 Å². The Kier molecular flexibility index (Phi) is 3.03. The first-order chi connectivity index (χ1) is 6.19. The number of Topliss-reactive ketones (excluding diaryl/α,β-unsaturated/α-hetero) is 1. The number of carbonyl (C=O) groups is 2. The molecule has 0 aliphatic carbocycles. The number of aldehydes is 1. The van der Waals surface area contributed by atoms with Gasteiger partial charge in [-0.1, -0.05) is 6.07 Å². The lowest BCUT2D eigenvalue weighted by Crippen LogP contribution is -2.00. The van der Waals surface area contributed by atoms with Crippen molar-refractivity contribution in [2.75, 3.05) is 5.88 Å². The highest BCUT2D eigenvalue weighted by molar-refractivity contribution is 6.30. The van der Waals surface area contributed by atoms with Crippen LogP contribution in [0, 0.1) is 0 Å². The topological polar surface area (TPSA) is 54.4 Å². The fourth-order valence-electron chi connectivity index (χ4n) is 0.894. The zero-order valence-corrected chi connectivity index (χ0v) is 7.41. The highest BCUT2D eigenvalue weighted by atomic mass is 35.5. The molecule has 68 valence electrons. The summed E-state index contributed by atoms with van der Waals surface area (Å²) in [6, 6.07) is 4.06. The quantitative estimate of drug-likeness (QED) is 0.456. The second-order valence-corrected chi connectivity index (χ2v) is 2.72. The highest BCUT2D eigenvalue weighted by Crippen LogP contribution is 2.17. The molecule has 0 heterocycles. The third-order valence-corrected chi connectivity index (χ3v) is 1.84. The number of alkyl halides is 1. The van der Waals surface area contributed by atoms with Crippen LogP contribution in [0.5, 0.6) is 5.75 Å². The summed E-state index contributed by atoms with van der Waals surface area (Å²) in [5.41, 5.74) is 0.462. The Balaban J connectivity index is 3.09. The summed E-state index contributed by atoms with van der Waals surface area (Å²) in [6.07, 6.45) is 0.518. The molecule has 3 nitrogen and oxygen atoms in total. The minimum atomic E-state index is -0.283. The number of carbonyl (C=O) groups excluding carboxylic acids is 2. The molecule has 0 aliphatic heterocycles. The Bertz CT molecular complexity index is 347. The van der Waals surface area contributed by atoms with E-state index in [4.69, 9.17) is 11.6 Å². The van der Waals surface area contributed by atoms with Crippen molar-refractivity contribution in [3.8, 4) is 5.75 Å². The molecule has 0 amide bonds. The zero-order chi connectivity index (χ0) is 9.84. The maximum Gasteiger partial charge on any atom is 0.177 e. The molecule has 0 spiro atoms. The van der Waals surface area contributed by atoms with Crippen LogP contribution >= 0.6 is 11.6 Å². The molecule has 0 bridgehead atoms. The monoisotopic (exact) mass is 198 g/mol. The van der Waals surface area contributed by atoms with Gasteiger partial charge in [0.2, 0.25) is 0 Å². The molecular formula is C9H7ClO3. The van der Waals surface area contributed by atoms with Crippen molar-refractivity contribution in [2.24, 2.45) is 0 Å². The van der Waals surface area contributed by atoms with E-state index in [2.05, 4.69) is 0 Å². The van der Waals surface area contributed by atoms with Gasteiger partial charge in [-0.15, -0.1) is 11.6 Å². The van der Waals surface area contributed by atoms with Crippen molar-refractivity contribution in [2.45, 2.75) is 0 Å². The van der Waals surface area contributed by atoms with Gasteiger partial charge in [0.05, 0.1) is 11.4 Å². The van der Waals surface area contributed by atoms with E-state index in [1.54, 1.807) is 0 Å². The predicted octanol–water partition coefficient (Wildman–Crippen LogP) is 1.63. The molecule has 13 heavy (non-hydrogen) atoms. The maximum absolute atomic E-state index is 11.0. The van der Waals surface area contributed by atoms with E-state index in [0.717, 1.165) is 0 Å². The number of ketones is 1. The van der Waals surface area contributed by atoms with Crippen molar-refractivity contribution >= 4 is 23.7 Å². The van der Waals surface area contributed by atoms with Gasteiger partial charge in [-0.3, -0.25) is 9.59 Å². The third kappa shape index (κ3) is 2.06. The van der Waals surface area contributed by atoms with Crippen molar-refractivity contribution < 1.29 is 14.7 Å². The van der Waals surface area contributed by atoms with Crippen molar-refractivity contribution in [1.82, 2.24) is 0 Å². The van der Waals surface area contributed by atoms with Gasteiger partial charge in [0.15, 0.2) is 12.1 Å². The van der Waals surface area contributed by atoms with Gasteiger partial charge >= 0.3 is 0 Å². The number of aromatic hydroxyl groups is 1. The Morgan fingerprint density at radius 3 is 2.69 bits per heavy atom. The number of rotatable bonds is 3. The summed E-state index contributed by atoms with van der Waals surface area (Å²) in [5.74, 6) is -0.625. The molecule has 4 heteroatoms. The third-order valence-electron chi connectivity index (χ3n) is 1.60. The summed E-state index contributed by atoms with van der Waals surface area (Å²) in [7, 11) is 0. The average molecular weight is 199 g/mol. The first-order valence-electron chi connectivity index (χ1n) is 3.56. The lowest BCUT2D eigenvalue weighted by Gasteiger charge is -1.99. The molecular weight excluding hydrogens is 192 g/mol. The van der Waals surface area contributed by atoms with E-state index in [-0.39, 0.29) is 23.0 Å². The number of benzene rings is 1.